The van der Waals surface area contributed by atoms with Crippen LogP contribution in [0.2, 0.25) is 0 Å². The first-order valence-electron chi connectivity index (χ1n) is 16.0. The maximum Gasteiger partial charge on any atom is 0.416 e. The van der Waals surface area contributed by atoms with Crippen LogP contribution in [0.15, 0.2) is 109 Å². The third-order valence-corrected chi connectivity index (χ3v) is 9.08. The van der Waals surface area contributed by atoms with Crippen LogP contribution in [0.25, 0.3) is 78.6 Å². The molecule has 0 unspecified atom stereocenters. The molecule has 53 heavy (non-hydrogen) atoms. The van der Waals surface area contributed by atoms with E-state index in [0.717, 1.165) is 36.4 Å². The molecule has 5 heterocycles. The number of aromatic amines is 3. The Morgan fingerprint density at radius 2 is 0.604 bits per heavy atom. The number of aromatic nitrogens is 4. The average molecular weight is 731 g/mol. The average Bonchev–Trinajstić information content (AvgIpc) is 3.94. The van der Waals surface area contributed by atoms with Gasteiger partial charge in [-0.2, -0.15) is 39.5 Å². The maximum absolute atomic E-state index is 13.6. The maximum atomic E-state index is 13.6. The number of H-pyrrole nitrogens is 3. The van der Waals surface area contributed by atoms with E-state index in [1.807, 2.05) is 0 Å². The lowest BCUT2D eigenvalue weighted by molar-refractivity contribution is -0.138. The molecular weight excluding hydrogens is 707 g/mol. The van der Waals surface area contributed by atoms with E-state index in [0.29, 0.717) is 77.9 Å². The van der Waals surface area contributed by atoms with Crippen LogP contribution in [0.4, 0.5) is 39.5 Å². The highest BCUT2D eigenvalue weighted by molar-refractivity contribution is 6.00. The smallest absolute Gasteiger partial charge is 0.354 e. The first-order chi connectivity index (χ1) is 25.1. The van der Waals surface area contributed by atoms with E-state index < -0.39 is 35.2 Å². The van der Waals surface area contributed by atoms with Crippen LogP contribution in [-0.2, 0) is 18.5 Å². The van der Waals surface area contributed by atoms with Crippen molar-refractivity contribution in [1.82, 2.24) is 19.9 Å². The molecule has 0 atom stereocenters. The zero-order valence-corrected chi connectivity index (χ0v) is 26.9. The Hall–Kier alpha value is -6.24. The van der Waals surface area contributed by atoms with Crippen molar-refractivity contribution in [2.75, 3.05) is 0 Å². The summed E-state index contributed by atoms with van der Waals surface area (Å²) in [6.45, 7) is 0. The number of nitrogens with one attached hydrogen (secondary N) is 3. The summed E-state index contributed by atoms with van der Waals surface area (Å²) < 4.78 is 122. The molecule has 4 nitrogen and oxygen atoms in total. The molecule has 3 N–H and O–H groups in total. The fourth-order valence-corrected chi connectivity index (χ4v) is 6.55. The first kappa shape index (κ1) is 33.9. The molecule has 0 aliphatic carbocycles. The highest BCUT2D eigenvalue weighted by atomic mass is 19.4. The molecule has 0 saturated heterocycles. The Morgan fingerprint density at radius 3 is 0.962 bits per heavy atom. The molecule has 0 saturated carbocycles. The van der Waals surface area contributed by atoms with Crippen LogP contribution in [0.1, 0.15) is 28.1 Å². The van der Waals surface area contributed by atoms with Gasteiger partial charge in [-0.3, -0.25) is 0 Å². The SMILES string of the molecule is FC(F)(F)c1ccc(-c2c3nc(c4ccc([nH]4)c(-c4ccc(C(F)(F)F)cc4)c4ccc([nH]4)c(-c4ccc(C(F)(F)F)cc4)c4ccc2[nH]4)C=C3)cc1. The molecule has 0 spiro atoms. The fourth-order valence-electron chi connectivity index (χ4n) is 6.55. The number of halogens is 9. The van der Waals surface area contributed by atoms with Crippen LogP contribution in [0.5, 0.6) is 0 Å². The van der Waals surface area contributed by atoms with Gasteiger partial charge in [0.2, 0.25) is 0 Å². The van der Waals surface area contributed by atoms with E-state index in [9.17, 15) is 39.5 Å². The second-order valence-electron chi connectivity index (χ2n) is 12.4. The summed E-state index contributed by atoms with van der Waals surface area (Å²) >= 11 is 0. The third-order valence-electron chi connectivity index (χ3n) is 9.08. The predicted molar refractivity (Wildman–Crippen MR) is 186 cm³/mol. The lowest BCUT2D eigenvalue weighted by Gasteiger charge is -2.09. The Morgan fingerprint density at radius 1 is 0.321 bits per heavy atom. The zero-order valence-electron chi connectivity index (χ0n) is 26.9. The standard InChI is InChI=1S/C40H23F9N4/c41-38(42,43)24-7-1-21(2-8-24)35-29-15-13-27(50-29)28-14-16-30(51-28)36(22-3-9-25(10-4-22)39(44,45)46)32-18-20-34(53-32)37(33-19-17-31(35)52-33)23-5-11-26(12-6-23)40(47,48)49/h1-20,50,52-53H. The van der Waals surface area contributed by atoms with Gasteiger partial charge in [-0.05, 0) is 102 Å². The number of fused-ring (bicyclic) bond motifs is 9. The summed E-state index contributed by atoms with van der Waals surface area (Å²) in [6.07, 6.45) is -10.2. The van der Waals surface area contributed by atoms with Crippen molar-refractivity contribution in [3.05, 3.63) is 137 Å². The van der Waals surface area contributed by atoms with Gasteiger partial charge in [0.05, 0.1) is 33.6 Å². The van der Waals surface area contributed by atoms with Gasteiger partial charge in [0, 0.05) is 44.3 Å². The lowest BCUT2D eigenvalue weighted by Crippen LogP contribution is -2.04. The Bertz CT molecular complexity index is 2650. The van der Waals surface area contributed by atoms with Gasteiger partial charge in [-0.25, -0.2) is 4.98 Å². The number of benzene rings is 3. The Balaban J connectivity index is 1.47. The summed E-state index contributed by atoms with van der Waals surface area (Å²) in [6, 6.07) is 24.3. The number of nitrogens with zero attached hydrogens (tertiary/aromatic N) is 1. The minimum Gasteiger partial charge on any atom is -0.354 e. The van der Waals surface area contributed by atoms with Gasteiger partial charge in [-0.1, -0.05) is 36.4 Å². The summed E-state index contributed by atoms with van der Waals surface area (Å²) in [5, 5.41) is 0. The highest BCUT2D eigenvalue weighted by Crippen LogP contribution is 2.39. The molecule has 0 radical (unpaired) electrons. The van der Waals surface area contributed by atoms with Crippen LogP contribution in [0.3, 0.4) is 0 Å². The summed E-state index contributed by atoms with van der Waals surface area (Å²) in [5.41, 5.74) is 4.06. The van der Waals surface area contributed by atoms with Gasteiger partial charge >= 0.3 is 18.5 Å². The quantitative estimate of drug-likeness (QED) is 0.156. The van der Waals surface area contributed by atoms with Crippen molar-refractivity contribution >= 4 is 45.3 Å². The van der Waals surface area contributed by atoms with Gasteiger partial charge in [0.15, 0.2) is 0 Å². The molecule has 13 heteroatoms. The van der Waals surface area contributed by atoms with E-state index in [4.69, 9.17) is 4.98 Å². The lowest BCUT2D eigenvalue weighted by atomic mass is 10.0. The molecule has 1 aliphatic rings. The Kier molecular flexibility index (Phi) is 7.79. The van der Waals surface area contributed by atoms with Crippen LogP contribution >= 0.6 is 0 Å². The van der Waals surface area contributed by atoms with Crippen molar-refractivity contribution in [1.29, 1.82) is 0 Å². The predicted octanol–water partition coefficient (Wildman–Crippen LogP) is 12.8. The molecule has 8 bridgehead atoms. The first-order valence-corrected chi connectivity index (χ1v) is 16.0. The topological polar surface area (TPSA) is 60.3 Å². The molecule has 266 valence electrons. The monoisotopic (exact) mass is 730 g/mol. The molecule has 7 aromatic rings. The van der Waals surface area contributed by atoms with Crippen LogP contribution in [-0.4, -0.2) is 19.9 Å². The molecule has 8 rings (SSSR count). The van der Waals surface area contributed by atoms with Crippen molar-refractivity contribution in [3.8, 4) is 33.4 Å². The second kappa shape index (κ2) is 12.2. The highest BCUT2D eigenvalue weighted by Gasteiger charge is 2.32. The number of hydrogen-bond donors (Lipinski definition) is 3. The second-order valence-corrected chi connectivity index (χ2v) is 12.4. The molecule has 1 aliphatic heterocycles. The van der Waals surface area contributed by atoms with E-state index in [2.05, 4.69) is 15.0 Å². The molecular formula is C40H23F9N4. The number of hydrogen-bond acceptors (Lipinski definition) is 1. The van der Waals surface area contributed by atoms with Gasteiger partial charge in [0.25, 0.3) is 0 Å². The minimum absolute atomic E-state index is 0.396. The van der Waals surface area contributed by atoms with Crippen LogP contribution in [0, 0.1) is 0 Å². The van der Waals surface area contributed by atoms with E-state index in [1.54, 1.807) is 48.6 Å². The Labute approximate surface area is 293 Å². The summed E-state index contributed by atoms with van der Waals surface area (Å²) in [7, 11) is 0. The van der Waals surface area contributed by atoms with E-state index in [1.165, 1.54) is 36.4 Å². The van der Waals surface area contributed by atoms with Gasteiger partial charge in [0.1, 0.15) is 0 Å². The van der Waals surface area contributed by atoms with E-state index >= 15 is 0 Å². The van der Waals surface area contributed by atoms with Gasteiger partial charge < -0.3 is 15.0 Å². The molecule has 4 aromatic heterocycles. The molecule has 0 fully saturated rings. The van der Waals surface area contributed by atoms with Crippen molar-refractivity contribution in [2.45, 2.75) is 18.5 Å². The zero-order chi connectivity index (χ0) is 37.3. The van der Waals surface area contributed by atoms with Crippen molar-refractivity contribution < 1.29 is 39.5 Å². The molecule has 3 aromatic carbocycles. The van der Waals surface area contributed by atoms with Crippen LogP contribution < -0.4 is 0 Å². The fraction of sp³-hybridized carbons (Fsp3) is 0.0750. The minimum atomic E-state index is -4.58. The third kappa shape index (κ3) is 6.32. The number of alkyl halides is 9. The van der Waals surface area contributed by atoms with Gasteiger partial charge in [-0.15, -0.1) is 0 Å². The molecule has 0 amide bonds. The van der Waals surface area contributed by atoms with E-state index in [-0.39, 0.29) is 0 Å². The van der Waals surface area contributed by atoms with Crippen molar-refractivity contribution in [3.63, 3.8) is 0 Å². The summed E-state index contributed by atoms with van der Waals surface area (Å²) in [5.74, 6) is 0. The normalized spacial score (nSPS) is 12.9. The summed E-state index contributed by atoms with van der Waals surface area (Å²) in [4.78, 5) is 14.8. The largest absolute Gasteiger partial charge is 0.416 e. The van der Waals surface area contributed by atoms with Crippen molar-refractivity contribution in [2.24, 2.45) is 0 Å². The number of rotatable bonds is 3.